The van der Waals surface area contributed by atoms with E-state index in [1.165, 1.54) is 0 Å². The smallest absolute Gasteiger partial charge is 0.226 e. The Morgan fingerprint density at radius 3 is 1.59 bits per heavy atom. The van der Waals surface area contributed by atoms with Gasteiger partial charge in [0.05, 0.1) is 12.6 Å². The van der Waals surface area contributed by atoms with Crippen LogP contribution in [0.25, 0.3) is 4.85 Å². The molecule has 2 aliphatic rings. The van der Waals surface area contributed by atoms with Crippen LogP contribution in [-0.4, -0.2) is 0 Å². The molecule has 0 N–H and O–H groups in total. The predicted octanol–water partition coefficient (Wildman–Crippen LogP) is 3.96. The first-order valence-electron chi connectivity index (χ1n) is 6.93. The fourth-order valence-corrected chi connectivity index (χ4v) is 2.84. The fraction of sp³-hybridized carbons (Fsp3) is 0.333. The summed E-state index contributed by atoms with van der Waals surface area (Å²) in [4.78, 5) is 3.33. The van der Waals surface area contributed by atoms with Gasteiger partial charge in [-0.2, -0.15) is 10.5 Å². The number of nitrogens with zero attached hydrogens (tertiary/aromatic N) is 4. The van der Waals surface area contributed by atoms with Crippen LogP contribution < -0.4 is 0 Å². The Hall–Kier alpha value is -3.08. The van der Waals surface area contributed by atoms with Gasteiger partial charge in [-0.3, -0.25) is 0 Å². The van der Waals surface area contributed by atoms with Crippen molar-refractivity contribution in [2.24, 2.45) is 11.8 Å². The molecule has 0 bridgehead atoms. The third-order valence-corrected chi connectivity index (χ3v) is 4.56. The monoisotopic (exact) mass is 286 g/mol. The van der Waals surface area contributed by atoms with Crippen LogP contribution in [0.2, 0.25) is 0 Å². The summed E-state index contributed by atoms with van der Waals surface area (Å²) < 4.78 is 0. The van der Waals surface area contributed by atoms with Crippen molar-refractivity contribution in [2.45, 2.75) is 27.7 Å². The van der Waals surface area contributed by atoms with E-state index in [2.05, 4.69) is 4.85 Å². The Bertz CT molecular complexity index is 758. The van der Waals surface area contributed by atoms with Gasteiger partial charge in [-0.25, -0.2) is 10.1 Å². The van der Waals surface area contributed by atoms with Gasteiger partial charge in [0.1, 0.15) is 17.7 Å². The van der Waals surface area contributed by atoms with E-state index in [4.69, 9.17) is 6.57 Å². The number of allylic oxidation sites excluding steroid dienone is 8. The van der Waals surface area contributed by atoms with Gasteiger partial charge in [0.25, 0.3) is 5.70 Å². The second-order valence-corrected chi connectivity index (χ2v) is 5.56. The third-order valence-electron chi connectivity index (χ3n) is 4.56. The van der Waals surface area contributed by atoms with Crippen LogP contribution in [0.15, 0.2) is 44.7 Å². The molecule has 2 unspecified atom stereocenters. The van der Waals surface area contributed by atoms with Crippen molar-refractivity contribution in [2.75, 3.05) is 0 Å². The quantitative estimate of drug-likeness (QED) is 0.447. The van der Waals surface area contributed by atoms with Crippen LogP contribution in [-0.2, 0) is 0 Å². The first-order valence-corrected chi connectivity index (χ1v) is 6.93. The van der Waals surface area contributed by atoms with E-state index in [9.17, 15) is 15.8 Å². The molecule has 0 saturated carbocycles. The molecule has 2 atom stereocenters. The van der Waals surface area contributed by atoms with Crippen molar-refractivity contribution in [1.29, 1.82) is 15.8 Å². The van der Waals surface area contributed by atoms with Gasteiger partial charge < -0.3 is 0 Å². The van der Waals surface area contributed by atoms with E-state index in [0.29, 0.717) is 11.1 Å². The summed E-state index contributed by atoms with van der Waals surface area (Å²) in [6.07, 6.45) is 0. The van der Waals surface area contributed by atoms with Crippen molar-refractivity contribution >= 4 is 0 Å². The van der Waals surface area contributed by atoms with Gasteiger partial charge in [0.2, 0.25) is 0 Å². The highest BCUT2D eigenvalue weighted by Gasteiger charge is 2.41. The maximum absolute atomic E-state index is 9.31. The van der Waals surface area contributed by atoms with Gasteiger partial charge in [-0.1, -0.05) is 25.0 Å². The molecule has 0 aromatic heterocycles. The minimum Gasteiger partial charge on any atom is -0.226 e. The molecule has 4 heteroatoms. The Balaban J connectivity index is 2.82. The average Bonchev–Trinajstić information content (AvgIpc) is 3.31. The van der Waals surface area contributed by atoms with Gasteiger partial charge >= 0.3 is 0 Å². The molecular formula is C18H14N4. The maximum Gasteiger partial charge on any atom is 0.269 e. The largest absolute Gasteiger partial charge is 0.269 e. The summed E-state index contributed by atoms with van der Waals surface area (Å²) in [5, 5.41) is 27.9. The number of hydrogen-bond donors (Lipinski definition) is 0. The number of rotatable bonds is 3. The summed E-state index contributed by atoms with van der Waals surface area (Å²) in [5.41, 5.74) is 4.95. The second-order valence-electron chi connectivity index (χ2n) is 5.56. The Kier molecular flexibility index (Phi) is 3.73. The van der Waals surface area contributed by atoms with Gasteiger partial charge in [0, 0.05) is 23.0 Å². The Morgan fingerprint density at radius 1 is 0.909 bits per heavy atom. The van der Waals surface area contributed by atoms with E-state index in [1.54, 1.807) is 0 Å². The van der Waals surface area contributed by atoms with Crippen LogP contribution in [0.1, 0.15) is 27.7 Å². The lowest BCUT2D eigenvalue weighted by atomic mass is 9.92. The topological polar surface area (TPSA) is 75.7 Å². The van der Waals surface area contributed by atoms with E-state index < -0.39 is 0 Å². The third kappa shape index (κ3) is 2.13. The summed E-state index contributed by atoms with van der Waals surface area (Å²) in [5.74, 6) is 0.367. The van der Waals surface area contributed by atoms with Crippen molar-refractivity contribution in [3.05, 3.63) is 56.1 Å². The molecule has 0 aromatic rings. The van der Waals surface area contributed by atoms with Gasteiger partial charge in [-0.15, -0.1) is 0 Å². The van der Waals surface area contributed by atoms with Gasteiger partial charge in [0.15, 0.2) is 0 Å². The first-order chi connectivity index (χ1) is 10.4. The molecule has 0 aliphatic heterocycles. The molecule has 2 rings (SSSR count). The van der Waals surface area contributed by atoms with Crippen LogP contribution in [0.4, 0.5) is 0 Å². The molecule has 2 aliphatic carbocycles. The second kappa shape index (κ2) is 5.37. The van der Waals surface area contributed by atoms with E-state index in [1.807, 2.05) is 45.9 Å². The van der Waals surface area contributed by atoms with Crippen LogP contribution >= 0.6 is 0 Å². The molecule has 0 heterocycles. The predicted molar refractivity (Wildman–Crippen MR) is 81.2 cm³/mol. The van der Waals surface area contributed by atoms with Crippen LogP contribution in [0.3, 0.4) is 0 Å². The zero-order chi connectivity index (χ0) is 16.6. The standard InChI is InChI=1S/C18H14N4/c1-9-10(2)15(9)17(13(6-19)7-20)18(14(8-21)22-5)16-11(3)12(16)4/h9,11H,1-4H3/b18-14-. The molecule has 22 heavy (non-hydrogen) atoms. The summed E-state index contributed by atoms with van der Waals surface area (Å²) in [6.45, 7) is 15.2. The number of hydrogen-bond acceptors (Lipinski definition) is 3. The highest BCUT2D eigenvalue weighted by Crippen LogP contribution is 2.54. The molecule has 0 radical (unpaired) electrons. The zero-order valence-electron chi connectivity index (χ0n) is 12.9. The lowest BCUT2D eigenvalue weighted by Crippen LogP contribution is -1.98. The van der Waals surface area contributed by atoms with Crippen molar-refractivity contribution in [3.8, 4) is 18.2 Å². The van der Waals surface area contributed by atoms with Gasteiger partial charge in [-0.05, 0) is 25.0 Å². The zero-order valence-corrected chi connectivity index (χ0v) is 12.9. The van der Waals surface area contributed by atoms with Crippen molar-refractivity contribution < 1.29 is 0 Å². The lowest BCUT2D eigenvalue weighted by Gasteiger charge is -2.09. The minimum absolute atomic E-state index is 0.0236. The highest BCUT2D eigenvalue weighted by molar-refractivity contribution is 5.76. The molecule has 0 spiro atoms. The number of nitriles is 3. The van der Waals surface area contributed by atoms with E-state index >= 15 is 0 Å². The summed E-state index contributed by atoms with van der Waals surface area (Å²) in [7, 11) is 0. The van der Waals surface area contributed by atoms with E-state index in [0.717, 1.165) is 22.3 Å². The van der Waals surface area contributed by atoms with Crippen LogP contribution in [0, 0.1) is 52.4 Å². The summed E-state index contributed by atoms with van der Waals surface area (Å²) >= 11 is 0. The highest BCUT2D eigenvalue weighted by atomic mass is 14.7. The molecule has 106 valence electrons. The van der Waals surface area contributed by atoms with E-state index in [-0.39, 0.29) is 23.1 Å². The maximum atomic E-state index is 9.31. The Labute approximate surface area is 130 Å². The average molecular weight is 286 g/mol. The summed E-state index contributed by atoms with van der Waals surface area (Å²) in [6, 6.07) is 5.78. The molecule has 0 saturated heterocycles. The molecular weight excluding hydrogens is 272 g/mol. The molecule has 4 nitrogen and oxygen atoms in total. The fourth-order valence-electron chi connectivity index (χ4n) is 2.84. The SMILES string of the molecule is [C-]#[N+]/C(C#N)=C(\C(=C(C#N)C#N)C1=C(C)C1C)C1=C(C)C1C. The molecule has 0 amide bonds. The normalized spacial score (nSPS) is 22.7. The minimum atomic E-state index is -0.0453. The van der Waals surface area contributed by atoms with Crippen LogP contribution in [0.5, 0.6) is 0 Å². The first kappa shape index (κ1) is 15.3. The van der Waals surface area contributed by atoms with Crippen molar-refractivity contribution in [3.63, 3.8) is 0 Å². The van der Waals surface area contributed by atoms with Crippen molar-refractivity contribution in [1.82, 2.24) is 0 Å². The molecule has 0 aromatic carbocycles. The lowest BCUT2D eigenvalue weighted by molar-refractivity contribution is 0.979. The molecule has 0 fully saturated rings. The Morgan fingerprint density at radius 2 is 1.32 bits per heavy atom.